The summed E-state index contributed by atoms with van der Waals surface area (Å²) in [7, 11) is 0. The van der Waals surface area contributed by atoms with E-state index in [9.17, 15) is 4.79 Å². The van der Waals surface area contributed by atoms with Crippen LogP contribution in [0, 0.1) is 5.92 Å². The van der Waals surface area contributed by atoms with E-state index in [2.05, 4.69) is 10.6 Å². The van der Waals surface area contributed by atoms with Crippen LogP contribution < -0.4 is 10.6 Å². The minimum atomic E-state index is -0.105. The lowest BCUT2D eigenvalue weighted by Crippen LogP contribution is -2.47. The third-order valence-corrected chi connectivity index (χ3v) is 3.05. The Morgan fingerprint density at radius 1 is 1.77 bits per heavy atom. The van der Waals surface area contributed by atoms with Gasteiger partial charge in [0, 0.05) is 39.1 Å². The molecule has 13 heavy (non-hydrogen) atoms. The van der Waals surface area contributed by atoms with Crippen molar-refractivity contribution in [1.29, 1.82) is 0 Å². The number of fused-ring (bicyclic) bond motifs is 1. The molecule has 0 spiro atoms. The Morgan fingerprint density at radius 2 is 2.62 bits per heavy atom. The van der Waals surface area contributed by atoms with Crippen LogP contribution in [0.4, 0.5) is 0 Å². The molecule has 2 saturated heterocycles. The van der Waals surface area contributed by atoms with E-state index >= 15 is 0 Å². The van der Waals surface area contributed by atoms with Gasteiger partial charge in [0.2, 0.25) is 5.91 Å². The molecule has 2 heterocycles. The molecule has 0 radical (unpaired) electrons. The molecule has 0 aromatic carbocycles. The molecule has 2 N–H and O–H groups in total. The molecule has 4 heteroatoms. The minimum Gasteiger partial charge on any atom is -0.371 e. The predicted molar refractivity (Wildman–Crippen MR) is 48.3 cm³/mol. The summed E-state index contributed by atoms with van der Waals surface area (Å²) in [5.41, 5.74) is -0.105. The lowest BCUT2D eigenvalue weighted by molar-refractivity contribution is -0.120. The molecule has 0 saturated carbocycles. The van der Waals surface area contributed by atoms with E-state index in [4.69, 9.17) is 4.74 Å². The molecule has 0 bridgehead atoms. The molecule has 2 rings (SSSR count). The predicted octanol–water partition coefficient (Wildman–Crippen LogP) is -0.499. The van der Waals surface area contributed by atoms with Gasteiger partial charge >= 0.3 is 0 Å². The fourth-order valence-electron chi connectivity index (χ4n) is 2.26. The van der Waals surface area contributed by atoms with Crippen LogP contribution in [0.5, 0.6) is 0 Å². The van der Waals surface area contributed by atoms with Crippen molar-refractivity contribution in [2.45, 2.75) is 18.9 Å². The van der Waals surface area contributed by atoms with Crippen LogP contribution in [0.15, 0.2) is 0 Å². The van der Waals surface area contributed by atoms with Gasteiger partial charge in [0.1, 0.15) is 5.60 Å². The Balaban J connectivity index is 1.97. The molecule has 0 aromatic rings. The Kier molecular flexibility index (Phi) is 2.26. The van der Waals surface area contributed by atoms with Crippen molar-refractivity contribution >= 4 is 5.91 Å². The molecule has 0 aromatic heterocycles. The third-order valence-electron chi connectivity index (χ3n) is 3.05. The molecule has 2 unspecified atom stereocenters. The van der Waals surface area contributed by atoms with Gasteiger partial charge in [-0.1, -0.05) is 0 Å². The summed E-state index contributed by atoms with van der Waals surface area (Å²) in [5.74, 6) is 0.606. The molecule has 4 nitrogen and oxygen atoms in total. The number of amides is 1. The van der Waals surface area contributed by atoms with Crippen LogP contribution in [0.25, 0.3) is 0 Å². The number of ether oxygens (including phenoxy) is 1. The maximum atomic E-state index is 10.8. The van der Waals surface area contributed by atoms with E-state index in [0.717, 1.165) is 26.1 Å². The Labute approximate surface area is 78.0 Å². The van der Waals surface area contributed by atoms with Crippen LogP contribution in [0.1, 0.15) is 13.3 Å². The lowest BCUT2D eigenvalue weighted by Gasteiger charge is -2.27. The second-order valence-corrected chi connectivity index (χ2v) is 3.94. The van der Waals surface area contributed by atoms with Gasteiger partial charge in [0.25, 0.3) is 0 Å². The van der Waals surface area contributed by atoms with Gasteiger partial charge < -0.3 is 15.4 Å². The van der Waals surface area contributed by atoms with Crippen molar-refractivity contribution in [1.82, 2.24) is 10.6 Å². The SMILES string of the molecule is CC(=O)NCC12CNCC1CCO2. The van der Waals surface area contributed by atoms with Crippen LogP contribution >= 0.6 is 0 Å². The largest absolute Gasteiger partial charge is 0.371 e. The van der Waals surface area contributed by atoms with Crippen molar-refractivity contribution in [2.24, 2.45) is 5.92 Å². The zero-order chi connectivity index (χ0) is 9.31. The molecule has 2 aliphatic rings. The maximum Gasteiger partial charge on any atom is 0.216 e. The third kappa shape index (κ3) is 1.56. The maximum absolute atomic E-state index is 10.8. The summed E-state index contributed by atoms with van der Waals surface area (Å²) in [6.07, 6.45) is 1.12. The fourth-order valence-corrected chi connectivity index (χ4v) is 2.26. The summed E-state index contributed by atoms with van der Waals surface area (Å²) in [6.45, 7) is 4.94. The van der Waals surface area contributed by atoms with E-state index in [-0.39, 0.29) is 11.5 Å². The highest BCUT2D eigenvalue weighted by Gasteiger charge is 2.47. The second-order valence-electron chi connectivity index (χ2n) is 3.94. The first-order valence-corrected chi connectivity index (χ1v) is 4.82. The van der Waals surface area contributed by atoms with Crippen molar-refractivity contribution in [3.63, 3.8) is 0 Å². The summed E-state index contributed by atoms with van der Waals surface area (Å²) in [5, 5.41) is 6.16. The van der Waals surface area contributed by atoms with Gasteiger partial charge in [-0.3, -0.25) is 4.79 Å². The topological polar surface area (TPSA) is 50.4 Å². The molecule has 2 fully saturated rings. The first-order chi connectivity index (χ1) is 6.23. The van der Waals surface area contributed by atoms with E-state index in [1.54, 1.807) is 6.92 Å². The van der Waals surface area contributed by atoms with Gasteiger partial charge in [-0.2, -0.15) is 0 Å². The number of nitrogens with one attached hydrogen (secondary N) is 2. The highest BCUT2D eigenvalue weighted by atomic mass is 16.5. The number of carbonyl (C=O) groups is 1. The van der Waals surface area contributed by atoms with E-state index < -0.39 is 0 Å². The Hall–Kier alpha value is -0.610. The quantitative estimate of drug-likeness (QED) is 0.608. The normalized spacial score (nSPS) is 37.5. The van der Waals surface area contributed by atoms with Crippen LogP contribution in [-0.2, 0) is 9.53 Å². The molecule has 1 amide bonds. The van der Waals surface area contributed by atoms with Crippen molar-refractivity contribution in [3.05, 3.63) is 0 Å². The molecule has 0 aliphatic carbocycles. The summed E-state index contributed by atoms with van der Waals surface area (Å²) in [4.78, 5) is 10.8. The van der Waals surface area contributed by atoms with Crippen LogP contribution in [0.2, 0.25) is 0 Å². The standard InChI is InChI=1S/C9H16N2O2/c1-7(12)11-6-9-5-10-4-8(9)2-3-13-9/h8,10H,2-6H2,1H3,(H,11,12). The number of carbonyl (C=O) groups excluding carboxylic acids is 1. The molecule has 2 aliphatic heterocycles. The second kappa shape index (κ2) is 3.27. The monoisotopic (exact) mass is 184 g/mol. The first kappa shape index (κ1) is 8.97. The fraction of sp³-hybridized carbons (Fsp3) is 0.889. The zero-order valence-electron chi connectivity index (χ0n) is 7.93. The van der Waals surface area contributed by atoms with E-state index in [1.165, 1.54) is 0 Å². The Bertz CT molecular complexity index is 208. The number of rotatable bonds is 2. The van der Waals surface area contributed by atoms with Crippen molar-refractivity contribution in [2.75, 3.05) is 26.2 Å². The molecular weight excluding hydrogens is 168 g/mol. The molecular formula is C9H16N2O2. The molecule has 74 valence electrons. The smallest absolute Gasteiger partial charge is 0.216 e. The minimum absolute atomic E-state index is 0.0236. The van der Waals surface area contributed by atoms with Gasteiger partial charge in [-0.05, 0) is 6.42 Å². The lowest BCUT2D eigenvalue weighted by atomic mass is 9.91. The van der Waals surface area contributed by atoms with Gasteiger partial charge in [-0.15, -0.1) is 0 Å². The first-order valence-electron chi connectivity index (χ1n) is 4.82. The van der Waals surface area contributed by atoms with Crippen LogP contribution in [-0.4, -0.2) is 37.7 Å². The van der Waals surface area contributed by atoms with Gasteiger partial charge in [-0.25, -0.2) is 0 Å². The highest BCUT2D eigenvalue weighted by molar-refractivity contribution is 5.72. The Morgan fingerprint density at radius 3 is 3.38 bits per heavy atom. The summed E-state index contributed by atoms with van der Waals surface area (Å²) in [6, 6.07) is 0. The van der Waals surface area contributed by atoms with Crippen molar-refractivity contribution < 1.29 is 9.53 Å². The molecule has 2 atom stereocenters. The average Bonchev–Trinajstić information content (AvgIpc) is 2.57. The van der Waals surface area contributed by atoms with Gasteiger partial charge in [0.05, 0.1) is 0 Å². The number of hydrogen-bond acceptors (Lipinski definition) is 3. The van der Waals surface area contributed by atoms with Crippen molar-refractivity contribution in [3.8, 4) is 0 Å². The summed E-state index contributed by atoms with van der Waals surface area (Å²) < 4.78 is 5.74. The van der Waals surface area contributed by atoms with Gasteiger partial charge in [0.15, 0.2) is 0 Å². The highest BCUT2D eigenvalue weighted by Crippen LogP contribution is 2.34. The number of hydrogen-bond donors (Lipinski definition) is 2. The van der Waals surface area contributed by atoms with Crippen LogP contribution in [0.3, 0.4) is 0 Å². The summed E-state index contributed by atoms with van der Waals surface area (Å²) >= 11 is 0. The average molecular weight is 184 g/mol. The zero-order valence-corrected chi connectivity index (χ0v) is 7.93. The van der Waals surface area contributed by atoms with E-state index in [1.807, 2.05) is 0 Å². The van der Waals surface area contributed by atoms with E-state index in [0.29, 0.717) is 12.5 Å².